The fraction of sp³-hybridized carbons (Fsp3) is 0.188. The van der Waals surface area contributed by atoms with Crippen molar-refractivity contribution in [1.82, 2.24) is 4.98 Å². The summed E-state index contributed by atoms with van der Waals surface area (Å²) >= 11 is 1.65. The van der Waals surface area contributed by atoms with Crippen LogP contribution < -0.4 is 10.1 Å². The number of rotatable bonds is 4. The van der Waals surface area contributed by atoms with Gasteiger partial charge in [-0.15, -0.1) is 0 Å². The first-order valence-corrected chi connectivity index (χ1v) is 7.31. The maximum atomic E-state index is 5.24. The molecular weight excluding hydrogens is 268 g/mol. The van der Waals surface area contributed by atoms with Gasteiger partial charge < -0.3 is 10.1 Å². The zero-order chi connectivity index (χ0) is 13.9. The first-order valence-electron chi connectivity index (χ1n) is 6.49. The van der Waals surface area contributed by atoms with Crippen molar-refractivity contribution >= 4 is 26.7 Å². The van der Waals surface area contributed by atoms with Crippen molar-refractivity contribution in [2.24, 2.45) is 0 Å². The number of methoxy groups -OCH3 is 1. The third-order valence-corrected chi connectivity index (χ3v) is 4.26. The van der Waals surface area contributed by atoms with Gasteiger partial charge in [0.05, 0.1) is 17.3 Å². The van der Waals surface area contributed by atoms with Crippen molar-refractivity contribution in [2.75, 3.05) is 12.4 Å². The second kappa shape index (κ2) is 5.51. The van der Waals surface area contributed by atoms with Crippen LogP contribution in [-0.2, 0) is 6.54 Å². The van der Waals surface area contributed by atoms with E-state index in [4.69, 9.17) is 4.74 Å². The molecule has 3 nitrogen and oxygen atoms in total. The summed E-state index contributed by atoms with van der Waals surface area (Å²) in [6.07, 6.45) is 0. The lowest BCUT2D eigenvalue weighted by molar-refractivity contribution is 0.415. The molecule has 0 aliphatic carbocycles. The molecule has 0 saturated heterocycles. The third-order valence-electron chi connectivity index (χ3n) is 3.29. The number of aromatic nitrogens is 1. The van der Waals surface area contributed by atoms with Gasteiger partial charge in [0.15, 0.2) is 5.13 Å². The first-order chi connectivity index (χ1) is 9.76. The minimum absolute atomic E-state index is 0.795. The van der Waals surface area contributed by atoms with Crippen LogP contribution in [-0.4, -0.2) is 12.1 Å². The Balaban J connectivity index is 1.79. The molecule has 0 atom stereocenters. The molecule has 0 bridgehead atoms. The van der Waals surface area contributed by atoms with Gasteiger partial charge in [-0.2, -0.15) is 0 Å². The van der Waals surface area contributed by atoms with Gasteiger partial charge in [-0.25, -0.2) is 4.98 Å². The lowest BCUT2D eigenvalue weighted by atomic mass is 10.1. The number of hydrogen-bond acceptors (Lipinski definition) is 4. The summed E-state index contributed by atoms with van der Waals surface area (Å²) in [7, 11) is 1.68. The van der Waals surface area contributed by atoms with E-state index in [0.29, 0.717) is 0 Å². The number of aryl methyl sites for hydroxylation is 1. The molecule has 1 heterocycles. The van der Waals surface area contributed by atoms with Gasteiger partial charge in [0.1, 0.15) is 5.75 Å². The van der Waals surface area contributed by atoms with Crippen LogP contribution >= 0.6 is 11.3 Å². The van der Waals surface area contributed by atoms with Gasteiger partial charge in [-0.05, 0) is 36.2 Å². The Morgan fingerprint density at radius 1 is 1.20 bits per heavy atom. The zero-order valence-corrected chi connectivity index (χ0v) is 12.3. The Morgan fingerprint density at radius 3 is 2.85 bits per heavy atom. The number of fused-ring (bicyclic) bond motifs is 1. The number of hydrogen-bond donors (Lipinski definition) is 1. The van der Waals surface area contributed by atoms with Gasteiger partial charge in [0.2, 0.25) is 0 Å². The Bertz CT molecular complexity index is 736. The molecule has 20 heavy (non-hydrogen) atoms. The third kappa shape index (κ3) is 2.60. The molecule has 4 heteroatoms. The summed E-state index contributed by atoms with van der Waals surface area (Å²) in [6.45, 7) is 2.92. The molecule has 0 aliphatic heterocycles. The summed E-state index contributed by atoms with van der Waals surface area (Å²) in [6, 6.07) is 14.3. The maximum absolute atomic E-state index is 5.24. The summed E-state index contributed by atoms with van der Waals surface area (Å²) < 4.78 is 6.37. The predicted octanol–water partition coefficient (Wildman–Crippen LogP) is 4.23. The average Bonchev–Trinajstić information content (AvgIpc) is 2.88. The van der Waals surface area contributed by atoms with Crippen molar-refractivity contribution in [3.05, 3.63) is 53.6 Å². The van der Waals surface area contributed by atoms with Crippen molar-refractivity contribution in [2.45, 2.75) is 13.5 Å². The molecule has 0 spiro atoms. The highest BCUT2D eigenvalue weighted by molar-refractivity contribution is 7.22. The fourth-order valence-corrected chi connectivity index (χ4v) is 2.98. The van der Waals surface area contributed by atoms with Gasteiger partial charge >= 0.3 is 0 Å². The molecule has 102 valence electrons. The monoisotopic (exact) mass is 284 g/mol. The Morgan fingerprint density at radius 2 is 2.05 bits per heavy atom. The molecule has 3 aromatic rings. The molecule has 0 amide bonds. The maximum Gasteiger partial charge on any atom is 0.184 e. The second-order valence-electron chi connectivity index (χ2n) is 4.63. The summed E-state index contributed by atoms with van der Waals surface area (Å²) in [4.78, 5) is 4.58. The molecule has 0 aliphatic rings. The van der Waals surface area contributed by atoms with Crippen molar-refractivity contribution < 1.29 is 4.74 Å². The van der Waals surface area contributed by atoms with E-state index in [1.165, 1.54) is 11.1 Å². The second-order valence-corrected chi connectivity index (χ2v) is 5.66. The predicted molar refractivity (Wildman–Crippen MR) is 84.7 cm³/mol. The van der Waals surface area contributed by atoms with E-state index in [0.717, 1.165) is 27.6 Å². The number of ether oxygens (including phenoxy) is 1. The molecular formula is C16H16N2OS. The molecule has 0 saturated carbocycles. The summed E-state index contributed by atoms with van der Waals surface area (Å²) in [5.74, 6) is 0.867. The number of benzene rings is 2. The molecule has 0 unspecified atom stereocenters. The Hall–Kier alpha value is -2.07. The first kappa shape index (κ1) is 12.9. The Labute approximate surface area is 122 Å². The van der Waals surface area contributed by atoms with Crippen molar-refractivity contribution in [1.29, 1.82) is 0 Å². The van der Waals surface area contributed by atoms with Gasteiger partial charge in [0, 0.05) is 6.54 Å². The molecule has 0 fully saturated rings. The number of anilines is 1. The van der Waals surface area contributed by atoms with E-state index in [1.54, 1.807) is 18.4 Å². The fourth-order valence-electron chi connectivity index (χ4n) is 2.09. The summed E-state index contributed by atoms with van der Waals surface area (Å²) in [5, 5.41) is 4.34. The minimum atomic E-state index is 0.795. The van der Waals surface area contributed by atoms with E-state index in [9.17, 15) is 0 Å². The standard InChI is InChI=1S/C16H16N2OS/c1-11-5-3-4-6-12(11)10-17-16-18-14-8-7-13(19-2)9-15(14)20-16/h3-9H,10H2,1-2H3,(H,17,18). The lowest BCUT2D eigenvalue weighted by Crippen LogP contribution is -2.00. The normalized spacial score (nSPS) is 10.7. The topological polar surface area (TPSA) is 34.1 Å². The van der Waals surface area contributed by atoms with E-state index in [2.05, 4.69) is 41.5 Å². The van der Waals surface area contributed by atoms with E-state index >= 15 is 0 Å². The highest BCUT2D eigenvalue weighted by Gasteiger charge is 2.05. The highest BCUT2D eigenvalue weighted by atomic mass is 32.1. The number of thiazole rings is 1. The van der Waals surface area contributed by atoms with E-state index in [-0.39, 0.29) is 0 Å². The van der Waals surface area contributed by atoms with Gasteiger partial charge in [-0.3, -0.25) is 0 Å². The van der Waals surface area contributed by atoms with Crippen LogP contribution in [0.4, 0.5) is 5.13 Å². The van der Waals surface area contributed by atoms with Crippen LogP contribution in [0.2, 0.25) is 0 Å². The lowest BCUT2D eigenvalue weighted by Gasteiger charge is -2.05. The minimum Gasteiger partial charge on any atom is -0.497 e. The highest BCUT2D eigenvalue weighted by Crippen LogP contribution is 2.29. The zero-order valence-electron chi connectivity index (χ0n) is 11.5. The van der Waals surface area contributed by atoms with E-state index < -0.39 is 0 Å². The van der Waals surface area contributed by atoms with Crippen LogP contribution in [0.15, 0.2) is 42.5 Å². The summed E-state index contributed by atoms with van der Waals surface area (Å²) in [5.41, 5.74) is 3.59. The van der Waals surface area contributed by atoms with Crippen LogP contribution in [0.1, 0.15) is 11.1 Å². The van der Waals surface area contributed by atoms with E-state index in [1.807, 2.05) is 18.2 Å². The number of nitrogens with one attached hydrogen (secondary N) is 1. The molecule has 1 aromatic heterocycles. The molecule has 2 aromatic carbocycles. The quantitative estimate of drug-likeness (QED) is 0.778. The average molecular weight is 284 g/mol. The molecule has 1 N–H and O–H groups in total. The molecule has 3 rings (SSSR count). The molecule has 0 radical (unpaired) electrons. The van der Waals surface area contributed by atoms with Crippen LogP contribution in [0.25, 0.3) is 10.2 Å². The SMILES string of the molecule is COc1ccc2nc(NCc3ccccc3C)sc2c1. The van der Waals surface area contributed by atoms with Gasteiger partial charge in [-0.1, -0.05) is 35.6 Å². The van der Waals surface area contributed by atoms with Crippen LogP contribution in [0, 0.1) is 6.92 Å². The Kier molecular flexibility index (Phi) is 3.56. The van der Waals surface area contributed by atoms with Crippen LogP contribution in [0.5, 0.6) is 5.75 Å². The smallest absolute Gasteiger partial charge is 0.184 e. The van der Waals surface area contributed by atoms with Crippen molar-refractivity contribution in [3.8, 4) is 5.75 Å². The van der Waals surface area contributed by atoms with Crippen molar-refractivity contribution in [3.63, 3.8) is 0 Å². The van der Waals surface area contributed by atoms with Gasteiger partial charge in [0.25, 0.3) is 0 Å². The largest absolute Gasteiger partial charge is 0.497 e. The number of nitrogens with zero attached hydrogens (tertiary/aromatic N) is 1. The van der Waals surface area contributed by atoms with Crippen LogP contribution in [0.3, 0.4) is 0 Å².